The van der Waals surface area contributed by atoms with Gasteiger partial charge in [-0.15, -0.1) is 0 Å². The molecule has 2 aromatic rings. The van der Waals surface area contributed by atoms with Gasteiger partial charge in [0.05, 0.1) is 0 Å². The number of carbonyl (C=O) groups is 1. The molecule has 1 atom stereocenters. The molecule has 120 valence electrons. The second-order valence-electron chi connectivity index (χ2n) is 6.25. The van der Waals surface area contributed by atoms with Crippen molar-refractivity contribution in [1.29, 1.82) is 0 Å². The number of benzene rings is 2. The highest BCUT2D eigenvalue weighted by atomic mass is 16.1. The lowest BCUT2D eigenvalue weighted by molar-refractivity contribution is -0.116. The van der Waals surface area contributed by atoms with E-state index in [2.05, 4.69) is 42.5 Å². The first kappa shape index (κ1) is 17.2. The lowest BCUT2D eigenvalue weighted by Gasteiger charge is -2.27. The van der Waals surface area contributed by atoms with Crippen molar-refractivity contribution in [1.82, 2.24) is 0 Å². The maximum absolute atomic E-state index is 11.9. The van der Waals surface area contributed by atoms with Crippen LogP contribution in [0.15, 0.2) is 72.8 Å². The normalized spacial score (nSPS) is 13.8. The second-order valence-corrected chi connectivity index (χ2v) is 6.25. The summed E-state index contributed by atoms with van der Waals surface area (Å²) in [5.74, 6) is 0. The van der Waals surface area contributed by atoms with Gasteiger partial charge >= 0.3 is 0 Å². The van der Waals surface area contributed by atoms with Gasteiger partial charge in [0.1, 0.15) is 6.29 Å². The van der Waals surface area contributed by atoms with Crippen LogP contribution in [0.2, 0.25) is 0 Å². The number of aryl methyl sites for hydroxylation is 1. The minimum atomic E-state index is -0.289. The van der Waals surface area contributed by atoms with Crippen LogP contribution in [0, 0.1) is 5.41 Å². The number of allylic oxidation sites excluding steroid dienone is 2. The van der Waals surface area contributed by atoms with Gasteiger partial charge in [-0.05, 0) is 50.2 Å². The average molecular weight is 306 g/mol. The van der Waals surface area contributed by atoms with E-state index in [4.69, 9.17) is 0 Å². The molecule has 0 aliphatic rings. The zero-order valence-electron chi connectivity index (χ0n) is 13.9. The molecule has 0 radical (unpaired) electrons. The Morgan fingerprint density at radius 2 is 1.52 bits per heavy atom. The Labute approximate surface area is 140 Å². The van der Waals surface area contributed by atoms with Crippen molar-refractivity contribution in [3.05, 3.63) is 83.9 Å². The number of rotatable bonds is 9. The minimum Gasteiger partial charge on any atom is -0.303 e. The summed E-state index contributed by atoms with van der Waals surface area (Å²) in [6.07, 6.45) is 9.97. The molecule has 0 saturated carbocycles. The van der Waals surface area contributed by atoms with Crippen molar-refractivity contribution >= 4 is 6.29 Å². The van der Waals surface area contributed by atoms with Gasteiger partial charge in [-0.3, -0.25) is 0 Å². The van der Waals surface area contributed by atoms with Crippen molar-refractivity contribution in [2.24, 2.45) is 5.41 Å². The van der Waals surface area contributed by atoms with E-state index in [1.54, 1.807) is 0 Å². The van der Waals surface area contributed by atoms with Gasteiger partial charge in [0.25, 0.3) is 0 Å². The predicted molar refractivity (Wildman–Crippen MR) is 97.5 cm³/mol. The molecule has 0 heterocycles. The number of carbonyl (C=O) groups excluding carboxylic acids is 1. The smallest absolute Gasteiger partial charge is 0.126 e. The van der Waals surface area contributed by atoms with E-state index in [1.807, 2.05) is 37.3 Å². The van der Waals surface area contributed by atoms with Gasteiger partial charge in [0.2, 0.25) is 0 Å². The van der Waals surface area contributed by atoms with Crippen LogP contribution >= 0.6 is 0 Å². The van der Waals surface area contributed by atoms with Crippen LogP contribution in [0.5, 0.6) is 0 Å². The molecule has 0 spiro atoms. The van der Waals surface area contributed by atoms with Crippen LogP contribution in [-0.4, -0.2) is 6.29 Å². The van der Waals surface area contributed by atoms with E-state index >= 15 is 0 Å². The molecule has 2 aromatic carbocycles. The largest absolute Gasteiger partial charge is 0.303 e. The maximum Gasteiger partial charge on any atom is 0.126 e. The Kier molecular flexibility index (Phi) is 6.80. The molecule has 0 aliphatic carbocycles. The minimum absolute atomic E-state index is 0.289. The molecule has 2 rings (SSSR count). The maximum atomic E-state index is 11.9. The third kappa shape index (κ3) is 5.52. The van der Waals surface area contributed by atoms with Crippen LogP contribution in [0.1, 0.15) is 37.3 Å². The highest BCUT2D eigenvalue weighted by Gasteiger charge is 2.28. The van der Waals surface area contributed by atoms with Gasteiger partial charge < -0.3 is 4.79 Å². The van der Waals surface area contributed by atoms with Crippen molar-refractivity contribution in [3.8, 4) is 0 Å². The molecule has 0 amide bonds. The molecule has 0 fully saturated rings. The fraction of sp³-hybridized carbons (Fsp3) is 0.318. The van der Waals surface area contributed by atoms with Crippen molar-refractivity contribution < 1.29 is 4.79 Å². The number of hydrogen-bond donors (Lipinski definition) is 0. The average Bonchev–Trinajstić information content (AvgIpc) is 2.61. The Hall–Kier alpha value is -2.15. The lowest BCUT2D eigenvalue weighted by atomic mass is 9.75. The summed E-state index contributed by atoms with van der Waals surface area (Å²) < 4.78 is 0. The number of hydrogen-bond acceptors (Lipinski definition) is 1. The van der Waals surface area contributed by atoms with Gasteiger partial charge in [0, 0.05) is 5.41 Å². The Morgan fingerprint density at radius 3 is 2.09 bits per heavy atom. The molecule has 1 unspecified atom stereocenters. The number of aldehydes is 1. The molecular weight excluding hydrogens is 280 g/mol. The summed E-state index contributed by atoms with van der Waals surface area (Å²) >= 11 is 0. The quantitative estimate of drug-likeness (QED) is 0.447. The summed E-state index contributed by atoms with van der Waals surface area (Å²) in [6, 6.07) is 20.9. The molecule has 0 saturated heterocycles. The van der Waals surface area contributed by atoms with Gasteiger partial charge in [-0.1, -0.05) is 72.8 Å². The zero-order chi connectivity index (χ0) is 16.4. The molecule has 1 nitrogen and oxygen atoms in total. The topological polar surface area (TPSA) is 17.1 Å². The fourth-order valence-corrected chi connectivity index (χ4v) is 3.06. The standard InChI is InChI=1S/C22H26O/c1-2-3-16-22(19-23,18-21-13-8-5-9-14-21)17-10-15-20-11-6-4-7-12-20/h2-9,11-14,19H,10,15-18H2,1H3/b3-2+. The zero-order valence-corrected chi connectivity index (χ0v) is 13.9. The molecule has 0 N–H and O–H groups in total. The lowest BCUT2D eigenvalue weighted by Crippen LogP contribution is -2.25. The molecular formula is C22H26O. The Bertz CT molecular complexity index is 600. The molecule has 0 bridgehead atoms. The molecule has 23 heavy (non-hydrogen) atoms. The summed E-state index contributed by atoms with van der Waals surface area (Å²) in [5, 5.41) is 0. The first-order valence-electron chi connectivity index (χ1n) is 8.43. The highest BCUT2D eigenvalue weighted by molar-refractivity contribution is 5.60. The first-order valence-corrected chi connectivity index (χ1v) is 8.43. The van der Waals surface area contributed by atoms with E-state index < -0.39 is 0 Å². The second kappa shape index (κ2) is 9.09. The highest BCUT2D eigenvalue weighted by Crippen LogP contribution is 2.32. The Balaban J connectivity index is 2.04. The van der Waals surface area contributed by atoms with Gasteiger partial charge in [0.15, 0.2) is 0 Å². The van der Waals surface area contributed by atoms with Crippen molar-refractivity contribution in [2.75, 3.05) is 0 Å². The molecule has 0 aliphatic heterocycles. The fourth-order valence-electron chi connectivity index (χ4n) is 3.06. The SMILES string of the molecule is C/C=C/CC(C=O)(CCCc1ccccc1)Cc1ccccc1. The van der Waals surface area contributed by atoms with E-state index in [-0.39, 0.29) is 5.41 Å². The Morgan fingerprint density at radius 1 is 0.913 bits per heavy atom. The van der Waals surface area contributed by atoms with Crippen LogP contribution in [0.25, 0.3) is 0 Å². The molecule has 0 aromatic heterocycles. The summed E-state index contributed by atoms with van der Waals surface area (Å²) in [4.78, 5) is 11.9. The predicted octanol–water partition coefficient (Wildman–Crippen LogP) is 5.40. The summed E-state index contributed by atoms with van der Waals surface area (Å²) in [6.45, 7) is 2.02. The van der Waals surface area contributed by atoms with Crippen molar-refractivity contribution in [3.63, 3.8) is 0 Å². The van der Waals surface area contributed by atoms with Crippen LogP contribution in [0.3, 0.4) is 0 Å². The van der Waals surface area contributed by atoms with Crippen LogP contribution in [0.4, 0.5) is 0 Å². The summed E-state index contributed by atoms with van der Waals surface area (Å²) in [7, 11) is 0. The monoisotopic (exact) mass is 306 g/mol. The van der Waals surface area contributed by atoms with Gasteiger partial charge in [-0.2, -0.15) is 0 Å². The summed E-state index contributed by atoms with van der Waals surface area (Å²) in [5.41, 5.74) is 2.30. The van der Waals surface area contributed by atoms with E-state index in [0.29, 0.717) is 0 Å². The van der Waals surface area contributed by atoms with Crippen LogP contribution in [-0.2, 0) is 17.6 Å². The first-order chi connectivity index (χ1) is 11.3. The van der Waals surface area contributed by atoms with Gasteiger partial charge in [-0.25, -0.2) is 0 Å². The van der Waals surface area contributed by atoms with Crippen LogP contribution < -0.4 is 0 Å². The third-order valence-electron chi connectivity index (χ3n) is 4.39. The van der Waals surface area contributed by atoms with E-state index in [0.717, 1.165) is 32.1 Å². The van der Waals surface area contributed by atoms with E-state index in [1.165, 1.54) is 17.4 Å². The molecule has 1 heteroatoms. The van der Waals surface area contributed by atoms with E-state index in [9.17, 15) is 4.79 Å². The third-order valence-corrected chi connectivity index (χ3v) is 4.39. The van der Waals surface area contributed by atoms with Crippen molar-refractivity contribution in [2.45, 2.75) is 39.0 Å².